The Hall–Kier alpha value is -3.12. The largest absolute Gasteiger partial charge is 0.379 e. The van der Waals surface area contributed by atoms with Gasteiger partial charge in [0.25, 0.3) is 5.91 Å². The summed E-state index contributed by atoms with van der Waals surface area (Å²) in [5.74, 6) is -0.269. The summed E-state index contributed by atoms with van der Waals surface area (Å²) in [4.78, 5) is 12.9. The topological polar surface area (TPSA) is 75.3 Å². The van der Waals surface area contributed by atoms with E-state index in [0.717, 1.165) is 5.69 Å². The van der Waals surface area contributed by atoms with Gasteiger partial charge in [-0.05, 0) is 54.4 Å². The second kappa shape index (κ2) is 8.92. The SMILES string of the molecule is CCS(=O)(=O)c1ccc(C(=O)Nc2ccccc2NCc2ccccc2C)cc1. The van der Waals surface area contributed by atoms with Crippen LogP contribution in [0.4, 0.5) is 11.4 Å². The van der Waals surface area contributed by atoms with E-state index in [9.17, 15) is 13.2 Å². The summed E-state index contributed by atoms with van der Waals surface area (Å²) < 4.78 is 23.8. The van der Waals surface area contributed by atoms with E-state index in [1.807, 2.05) is 36.4 Å². The number of benzene rings is 3. The second-order valence-electron chi connectivity index (χ2n) is 6.71. The van der Waals surface area contributed by atoms with Crippen LogP contribution in [0, 0.1) is 6.92 Å². The average molecular weight is 409 g/mol. The van der Waals surface area contributed by atoms with Gasteiger partial charge < -0.3 is 10.6 Å². The lowest BCUT2D eigenvalue weighted by Gasteiger charge is -2.14. The first-order valence-electron chi connectivity index (χ1n) is 9.42. The predicted molar refractivity (Wildman–Crippen MR) is 117 cm³/mol. The van der Waals surface area contributed by atoms with Crippen LogP contribution in [-0.2, 0) is 16.4 Å². The zero-order chi connectivity index (χ0) is 20.9. The monoisotopic (exact) mass is 408 g/mol. The van der Waals surface area contributed by atoms with Crippen LogP contribution in [0.2, 0.25) is 0 Å². The van der Waals surface area contributed by atoms with Crippen molar-refractivity contribution in [1.82, 2.24) is 0 Å². The summed E-state index contributed by atoms with van der Waals surface area (Å²) in [6.45, 7) is 4.30. The summed E-state index contributed by atoms with van der Waals surface area (Å²) in [6, 6.07) is 21.6. The lowest BCUT2D eigenvalue weighted by atomic mass is 10.1. The molecule has 3 rings (SSSR count). The fourth-order valence-corrected chi connectivity index (χ4v) is 3.80. The summed E-state index contributed by atoms with van der Waals surface area (Å²) in [7, 11) is -3.29. The van der Waals surface area contributed by atoms with Crippen molar-refractivity contribution in [2.45, 2.75) is 25.3 Å². The number of sulfone groups is 1. The number of rotatable bonds is 7. The molecule has 0 spiro atoms. The Morgan fingerprint density at radius 2 is 1.48 bits per heavy atom. The Labute approximate surface area is 171 Å². The Morgan fingerprint density at radius 1 is 0.862 bits per heavy atom. The molecule has 0 saturated heterocycles. The van der Waals surface area contributed by atoms with Crippen LogP contribution >= 0.6 is 0 Å². The zero-order valence-electron chi connectivity index (χ0n) is 16.5. The molecule has 29 heavy (non-hydrogen) atoms. The van der Waals surface area contributed by atoms with Crippen LogP contribution < -0.4 is 10.6 Å². The van der Waals surface area contributed by atoms with E-state index in [1.54, 1.807) is 6.92 Å². The van der Waals surface area contributed by atoms with Crippen molar-refractivity contribution in [2.75, 3.05) is 16.4 Å². The number of carbonyl (C=O) groups excluding carboxylic acids is 1. The minimum atomic E-state index is -3.29. The maximum atomic E-state index is 12.6. The molecule has 0 bridgehead atoms. The number of carbonyl (C=O) groups is 1. The molecular formula is C23H24N2O3S. The molecule has 0 aromatic heterocycles. The van der Waals surface area contributed by atoms with Crippen LogP contribution in [0.3, 0.4) is 0 Å². The van der Waals surface area contributed by atoms with Crippen LogP contribution in [0.1, 0.15) is 28.4 Å². The van der Waals surface area contributed by atoms with Gasteiger partial charge in [-0.15, -0.1) is 0 Å². The first-order valence-corrected chi connectivity index (χ1v) is 11.1. The minimum Gasteiger partial charge on any atom is -0.379 e. The summed E-state index contributed by atoms with van der Waals surface area (Å²) >= 11 is 0. The molecule has 0 atom stereocenters. The standard InChI is InChI=1S/C23H24N2O3S/c1-3-29(27,28)20-14-12-18(13-15-20)23(26)25-22-11-7-6-10-21(22)24-16-19-9-5-4-8-17(19)2/h4-15,24H,3,16H2,1-2H3,(H,25,26). The highest BCUT2D eigenvalue weighted by Gasteiger charge is 2.14. The van der Waals surface area contributed by atoms with Crippen LogP contribution in [-0.4, -0.2) is 20.1 Å². The highest BCUT2D eigenvalue weighted by molar-refractivity contribution is 7.91. The number of aryl methyl sites for hydroxylation is 1. The second-order valence-corrected chi connectivity index (χ2v) is 8.99. The van der Waals surface area contributed by atoms with Gasteiger partial charge in [0.05, 0.1) is 22.0 Å². The van der Waals surface area contributed by atoms with E-state index in [4.69, 9.17) is 0 Å². The molecule has 150 valence electrons. The Morgan fingerprint density at radius 3 is 2.14 bits per heavy atom. The fourth-order valence-electron chi connectivity index (χ4n) is 2.92. The molecule has 0 fully saturated rings. The lowest BCUT2D eigenvalue weighted by Crippen LogP contribution is -2.14. The molecule has 6 heteroatoms. The molecule has 0 unspecified atom stereocenters. The van der Waals surface area contributed by atoms with Crippen molar-refractivity contribution in [3.05, 3.63) is 89.5 Å². The van der Waals surface area contributed by atoms with Crippen LogP contribution in [0.15, 0.2) is 77.7 Å². The summed E-state index contributed by atoms with van der Waals surface area (Å²) in [6.07, 6.45) is 0. The highest BCUT2D eigenvalue weighted by Crippen LogP contribution is 2.23. The number of hydrogen-bond acceptors (Lipinski definition) is 4. The van der Waals surface area contributed by atoms with Gasteiger partial charge >= 0.3 is 0 Å². The predicted octanol–water partition coefficient (Wildman–Crippen LogP) is 4.65. The van der Waals surface area contributed by atoms with Crippen molar-refractivity contribution in [3.8, 4) is 0 Å². The minimum absolute atomic E-state index is 0.0263. The van der Waals surface area contributed by atoms with Crippen molar-refractivity contribution in [3.63, 3.8) is 0 Å². The maximum Gasteiger partial charge on any atom is 0.255 e. The molecule has 0 heterocycles. The number of para-hydroxylation sites is 2. The Bertz CT molecular complexity index is 1110. The summed E-state index contributed by atoms with van der Waals surface area (Å²) in [5, 5.41) is 6.27. The van der Waals surface area contributed by atoms with Gasteiger partial charge in [0.15, 0.2) is 9.84 Å². The van der Waals surface area contributed by atoms with E-state index in [-0.39, 0.29) is 16.6 Å². The van der Waals surface area contributed by atoms with E-state index < -0.39 is 9.84 Å². The smallest absolute Gasteiger partial charge is 0.255 e. The van der Waals surface area contributed by atoms with Gasteiger partial charge in [-0.2, -0.15) is 0 Å². The highest BCUT2D eigenvalue weighted by atomic mass is 32.2. The first-order chi connectivity index (χ1) is 13.9. The normalized spacial score (nSPS) is 11.1. The van der Waals surface area contributed by atoms with Crippen molar-refractivity contribution in [1.29, 1.82) is 0 Å². The summed E-state index contributed by atoms with van der Waals surface area (Å²) in [5.41, 5.74) is 4.25. The van der Waals surface area contributed by atoms with Crippen molar-refractivity contribution < 1.29 is 13.2 Å². The van der Waals surface area contributed by atoms with E-state index in [2.05, 4.69) is 29.7 Å². The molecule has 0 aliphatic rings. The molecule has 3 aromatic carbocycles. The fraction of sp³-hybridized carbons (Fsp3) is 0.174. The Balaban J connectivity index is 1.73. The molecule has 2 N–H and O–H groups in total. The van der Waals surface area contributed by atoms with Crippen molar-refractivity contribution in [2.24, 2.45) is 0 Å². The van der Waals surface area contributed by atoms with Gasteiger partial charge in [0.2, 0.25) is 0 Å². The number of anilines is 2. The first kappa shape index (κ1) is 20.6. The van der Waals surface area contributed by atoms with Gasteiger partial charge in [0.1, 0.15) is 0 Å². The van der Waals surface area contributed by atoms with Gasteiger partial charge in [-0.25, -0.2) is 8.42 Å². The molecule has 0 aliphatic heterocycles. The van der Waals surface area contributed by atoms with Crippen molar-refractivity contribution >= 4 is 27.1 Å². The van der Waals surface area contributed by atoms with Gasteiger partial charge in [0, 0.05) is 12.1 Å². The quantitative estimate of drug-likeness (QED) is 0.597. The van der Waals surface area contributed by atoms with Gasteiger partial charge in [-0.3, -0.25) is 4.79 Å². The van der Waals surface area contributed by atoms with E-state index in [0.29, 0.717) is 17.8 Å². The Kier molecular flexibility index (Phi) is 6.34. The third-order valence-corrected chi connectivity index (χ3v) is 6.51. The lowest BCUT2D eigenvalue weighted by molar-refractivity contribution is 0.102. The molecule has 0 aliphatic carbocycles. The average Bonchev–Trinajstić information content (AvgIpc) is 2.74. The third-order valence-electron chi connectivity index (χ3n) is 4.76. The maximum absolute atomic E-state index is 12.6. The van der Waals surface area contributed by atoms with E-state index >= 15 is 0 Å². The zero-order valence-corrected chi connectivity index (χ0v) is 17.3. The third kappa shape index (κ3) is 5.03. The molecule has 3 aromatic rings. The number of amides is 1. The molecule has 0 saturated carbocycles. The molecule has 5 nitrogen and oxygen atoms in total. The van der Waals surface area contributed by atoms with E-state index in [1.165, 1.54) is 35.4 Å². The molecule has 1 amide bonds. The molecule has 0 radical (unpaired) electrons. The number of hydrogen-bond donors (Lipinski definition) is 2. The van der Waals surface area contributed by atoms with Crippen LogP contribution in [0.25, 0.3) is 0 Å². The van der Waals surface area contributed by atoms with Crippen LogP contribution in [0.5, 0.6) is 0 Å². The molecular weight excluding hydrogens is 384 g/mol. The van der Waals surface area contributed by atoms with Gasteiger partial charge in [-0.1, -0.05) is 43.3 Å². The number of nitrogens with one attached hydrogen (secondary N) is 2.